The van der Waals surface area contributed by atoms with Crippen molar-refractivity contribution in [3.8, 4) is 0 Å². The molecule has 1 aromatic heterocycles. The summed E-state index contributed by atoms with van der Waals surface area (Å²) in [5.74, 6) is -2.16. The average Bonchev–Trinajstić information content (AvgIpc) is 2.95. The highest BCUT2D eigenvalue weighted by molar-refractivity contribution is 6.00. The minimum atomic E-state index is -4.57. The second-order valence-electron chi connectivity index (χ2n) is 10.9. The third-order valence-corrected chi connectivity index (χ3v) is 6.72. The van der Waals surface area contributed by atoms with E-state index in [2.05, 4.69) is 4.98 Å². The number of likely N-dealkylation sites (tertiary alicyclic amines) is 1. The van der Waals surface area contributed by atoms with Gasteiger partial charge in [0.25, 0.3) is 0 Å². The molecule has 3 unspecified atom stereocenters. The Labute approximate surface area is 236 Å². The molecule has 0 N–H and O–H groups in total. The number of ketones is 1. The Morgan fingerprint density at radius 2 is 1.56 bits per heavy atom. The van der Waals surface area contributed by atoms with Crippen molar-refractivity contribution in [1.82, 2.24) is 9.88 Å². The van der Waals surface area contributed by atoms with Gasteiger partial charge in [0.15, 0.2) is 6.10 Å². The lowest BCUT2D eigenvalue weighted by molar-refractivity contribution is -0.137. The lowest BCUT2D eigenvalue weighted by atomic mass is 9.84. The molecular formula is C31H31F3N2O5. The van der Waals surface area contributed by atoms with Gasteiger partial charge in [0, 0.05) is 18.7 Å². The third-order valence-electron chi connectivity index (χ3n) is 6.72. The molecule has 216 valence electrons. The first-order valence-corrected chi connectivity index (χ1v) is 13.2. The van der Waals surface area contributed by atoms with E-state index in [-0.39, 0.29) is 23.8 Å². The molecule has 10 heteroatoms. The molecule has 1 fully saturated rings. The summed E-state index contributed by atoms with van der Waals surface area (Å²) in [5, 5.41) is 0. The van der Waals surface area contributed by atoms with Gasteiger partial charge in [-0.2, -0.15) is 13.2 Å². The van der Waals surface area contributed by atoms with Gasteiger partial charge in [-0.25, -0.2) is 9.59 Å². The molecule has 0 spiro atoms. The molecule has 41 heavy (non-hydrogen) atoms. The number of nitrogens with zero attached hydrogens (tertiary/aromatic N) is 2. The van der Waals surface area contributed by atoms with Crippen LogP contribution in [-0.2, 0) is 15.7 Å². The van der Waals surface area contributed by atoms with E-state index in [1.807, 2.05) is 30.3 Å². The van der Waals surface area contributed by atoms with Gasteiger partial charge in [-0.05, 0) is 75.6 Å². The number of pyridine rings is 1. The highest BCUT2D eigenvalue weighted by atomic mass is 19.4. The quantitative estimate of drug-likeness (QED) is 0.238. The second kappa shape index (κ2) is 12.1. The fourth-order valence-electron chi connectivity index (χ4n) is 4.79. The summed E-state index contributed by atoms with van der Waals surface area (Å²) >= 11 is 0. The third kappa shape index (κ3) is 7.50. The monoisotopic (exact) mass is 568 g/mol. The fourth-order valence-corrected chi connectivity index (χ4v) is 4.79. The average molecular weight is 569 g/mol. The zero-order valence-electron chi connectivity index (χ0n) is 22.9. The fraction of sp³-hybridized carbons (Fsp3) is 0.355. The van der Waals surface area contributed by atoms with Gasteiger partial charge in [0.05, 0.1) is 17.2 Å². The summed E-state index contributed by atoms with van der Waals surface area (Å²) in [6.07, 6.45) is -4.18. The molecule has 3 atom stereocenters. The van der Waals surface area contributed by atoms with Crippen molar-refractivity contribution in [1.29, 1.82) is 0 Å². The van der Waals surface area contributed by atoms with Crippen LogP contribution in [-0.4, -0.2) is 46.0 Å². The normalized spacial score (nSPS) is 18.3. The van der Waals surface area contributed by atoms with Gasteiger partial charge >= 0.3 is 18.2 Å². The van der Waals surface area contributed by atoms with Crippen LogP contribution >= 0.6 is 0 Å². The summed E-state index contributed by atoms with van der Waals surface area (Å²) < 4.78 is 50.4. The molecule has 2 heterocycles. The minimum Gasteiger partial charge on any atom is -0.450 e. The molecule has 4 rings (SSSR count). The Kier molecular flexibility index (Phi) is 8.80. The van der Waals surface area contributed by atoms with E-state index in [0.717, 1.165) is 29.8 Å². The number of amides is 1. The first-order valence-electron chi connectivity index (χ1n) is 13.2. The maximum Gasteiger partial charge on any atom is 0.416 e. The van der Waals surface area contributed by atoms with Gasteiger partial charge in [-0.3, -0.25) is 9.78 Å². The number of hydrogen-bond acceptors (Lipinski definition) is 6. The summed E-state index contributed by atoms with van der Waals surface area (Å²) in [4.78, 5) is 45.7. The van der Waals surface area contributed by atoms with Crippen molar-refractivity contribution in [3.63, 3.8) is 0 Å². The number of benzene rings is 2. The first kappa shape index (κ1) is 29.8. The molecule has 1 amide bonds. The van der Waals surface area contributed by atoms with E-state index in [1.165, 1.54) is 12.3 Å². The van der Waals surface area contributed by atoms with Crippen molar-refractivity contribution in [2.45, 2.75) is 57.5 Å². The van der Waals surface area contributed by atoms with E-state index in [4.69, 9.17) is 9.47 Å². The van der Waals surface area contributed by atoms with Gasteiger partial charge < -0.3 is 14.4 Å². The van der Waals surface area contributed by atoms with Crippen molar-refractivity contribution in [3.05, 3.63) is 101 Å². The van der Waals surface area contributed by atoms with Crippen molar-refractivity contribution in [2.24, 2.45) is 5.92 Å². The van der Waals surface area contributed by atoms with Crippen LogP contribution in [0.25, 0.3) is 0 Å². The molecule has 0 saturated carbocycles. The number of carbonyl (C=O) groups excluding carboxylic acids is 3. The number of alkyl halides is 3. The molecule has 0 aliphatic carbocycles. The number of Topliss-reactive ketones (excluding diaryl/α,β-unsaturated/α-hetero) is 1. The van der Waals surface area contributed by atoms with Crippen LogP contribution in [0.3, 0.4) is 0 Å². The Morgan fingerprint density at radius 1 is 0.902 bits per heavy atom. The number of rotatable bonds is 6. The number of carbonyl (C=O) groups is 3. The van der Waals surface area contributed by atoms with Crippen LogP contribution in [0.5, 0.6) is 0 Å². The topological polar surface area (TPSA) is 85.8 Å². The molecule has 7 nitrogen and oxygen atoms in total. The zero-order chi connectivity index (χ0) is 29.8. The maximum atomic E-state index is 13.6. The van der Waals surface area contributed by atoms with Gasteiger partial charge in [-0.15, -0.1) is 0 Å². The highest BCUT2D eigenvalue weighted by Crippen LogP contribution is 2.37. The van der Waals surface area contributed by atoms with E-state index in [9.17, 15) is 27.6 Å². The predicted octanol–water partition coefficient (Wildman–Crippen LogP) is 6.90. The Hall–Kier alpha value is -4.21. The number of piperidine rings is 1. The molecule has 1 saturated heterocycles. The largest absolute Gasteiger partial charge is 0.450 e. The molecule has 0 bridgehead atoms. The Morgan fingerprint density at radius 3 is 2.15 bits per heavy atom. The molecule has 3 aromatic rings. The number of hydrogen-bond donors (Lipinski definition) is 0. The SMILES string of the molecule is CC(C)(C)OC(=O)N1CC(C(OC(=O)c2ccc(C(F)(F)F)cc2)C(=O)c2ccccn2)CCC1c1ccccc1. The van der Waals surface area contributed by atoms with Crippen molar-refractivity contribution in [2.75, 3.05) is 6.54 Å². The van der Waals surface area contributed by atoms with Crippen LogP contribution in [0.1, 0.15) is 71.6 Å². The zero-order valence-corrected chi connectivity index (χ0v) is 22.9. The molecular weight excluding hydrogens is 537 g/mol. The van der Waals surface area contributed by atoms with Crippen molar-refractivity contribution < 1.29 is 37.0 Å². The van der Waals surface area contributed by atoms with Crippen LogP contribution in [0.2, 0.25) is 0 Å². The lowest BCUT2D eigenvalue weighted by Crippen LogP contribution is -2.49. The number of esters is 1. The van der Waals surface area contributed by atoms with Gasteiger partial charge in [0.1, 0.15) is 11.3 Å². The molecule has 2 aromatic carbocycles. The summed E-state index contributed by atoms with van der Waals surface area (Å²) in [6.45, 7) is 5.30. The molecule has 1 aliphatic rings. The Bertz CT molecular complexity index is 1360. The summed E-state index contributed by atoms with van der Waals surface area (Å²) in [5.41, 5.74) is -0.872. The van der Waals surface area contributed by atoms with Crippen LogP contribution in [0.4, 0.5) is 18.0 Å². The second-order valence-corrected chi connectivity index (χ2v) is 10.9. The number of ether oxygens (including phenoxy) is 2. The number of aromatic nitrogens is 1. The van der Waals surface area contributed by atoms with Gasteiger partial charge in [-0.1, -0.05) is 36.4 Å². The highest BCUT2D eigenvalue weighted by Gasteiger charge is 2.42. The van der Waals surface area contributed by atoms with E-state index in [0.29, 0.717) is 12.8 Å². The van der Waals surface area contributed by atoms with Crippen molar-refractivity contribution >= 4 is 17.8 Å². The lowest BCUT2D eigenvalue weighted by Gasteiger charge is -2.42. The maximum absolute atomic E-state index is 13.6. The smallest absolute Gasteiger partial charge is 0.416 e. The van der Waals surface area contributed by atoms with Gasteiger partial charge in [0.2, 0.25) is 5.78 Å². The standard InChI is InChI=1S/C31H31F3N2O5/c1-30(2,3)41-29(39)36-19-22(14-17-25(36)20-9-5-4-6-10-20)27(26(37)24-11-7-8-18-35-24)40-28(38)21-12-15-23(16-13-21)31(32,33)34/h4-13,15-16,18,22,25,27H,14,17,19H2,1-3H3. The van der Waals surface area contributed by atoms with Crippen LogP contribution < -0.4 is 0 Å². The minimum absolute atomic E-state index is 0.0397. The van der Waals surface area contributed by atoms with E-state index < -0.39 is 47.2 Å². The summed E-state index contributed by atoms with van der Waals surface area (Å²) in [7, 11) is 0. The number of halogens is 3. The van der Waals surface area contributed by atoms with E-state index in [1.54, 1.807) is 37.8 Å². The predicted molar refractivity (Wildman–Crippen MR) is 144 cm³/mol. The molecule has 0 radical (unpaired) electrons. The van der Waals surface area contributed by atoms with E-state index >= 15 is 0 Å². The molecule has 1 aliphatic heterocycles. The Balaban J connectivity index is 1.65. The van der Waals surface area contributed by atoms with Crippen LogP contribution in [0, 0.1) is 5.92 Å². The van der Waals surface area contributed by atoms with Crippen LogP contribution in [0.15, 0.2) is 79.0 Å². The summed E-state index contributed by atoms with van der Waals surface area (Å²) in [6, 6.07) is 17.4. The first-order chi connectivity index (χ1) is 19.3.